The van der Waals surface area contributed by atoms with Crippen molar-refractivity contribution in [1.29, 1.82) is 5.26 Å². The Morgan fingerprint density at radius 3 is 3.06 bits per heavy atom. The minimum atomic E-state index is -1.27. The number of nitriles is 1. The van der Waals surface area contributed by atoms with Gasteiger partial charge in [0.1, 0.15) is 18.4 Å². The molecule has 0 amide bonds. The maximum absolute atomic E-state index is 13.7. The highest BCUT2D eigenvalue weighted by atomic mass is 19.1. The molecule has 1 aliphatic heterocycles. The van der Waals surface area contributed by atoms with E-state index < -0.39 is 5.67 Å². The van der Waals surface area contributed by atoms with Gasteiger partial charge in [0, 0.05) is 13.1 Å². The first-order valence-electron chi connectivity index (χ1n) is 5.60. The fourth-order valence-corrected chi connectivity index (χ4v) is 1.85. The van der Waals surface area contributed by atoms with Crippen molar-refractivity contribution >= 4 is 5.52 Å². The highest BCUT2D eigenvalue weighted by Gasteiger charge is 2.37. The van der Waals surface area contributed by atoms with Crippen LogP contribution in [0.4, 0.5) is 4.39 Å². The number of alkyl halides is 1. The maximum atomic E-state index is 13.7. The van der Waals surface area contributed by atoms with E-state index in [1.165, 1.54) is 6.20 Å². The van der Waals surface area contributed by atoms with Crippen LogP contribution >= 0.6 is 0 Å². The van der Waals surface area contributed by atoms with Crippen LogP contribution in [0.1, 0.15) is 5.56 Å². The fraction of sp³-hybridized carbons (Fsp3) is 0.333. The Bertz CT molecular complexity index is 627. The lowest BCUT2D eigenvalue weighted by atomic mass is 10.0. The van der Waals surface area contributed by atoms with Crippen LogP contribution < -0.4 is 10.1 Å². The van der Waals surface area contributed by atoms with Gasteiger partial charge in [-0.15, -0.1) is 0 Å². The molecule has 6 heteroatoms. The molecule has 0 bridgehead atoms. The quantitative estimate of drug-likeness (QED) is 0.873. The van der Waals surface area contributed by atoms with Crippen LogP contribution in [0.15, 0.2) is 24.5 Å². The number of nitrogens with one attached hydrogen (secondary N) is 1. The lowest BCUT2D eigenvalue weighted by molar-refractivity contribution is 0.0345. The lowest BCUT2D eigenvalue weighted by Crippen LogP contribution is -2.59. The van der Waals surface area contributed by atoms with Gasteiger partial charge in [0.05, 0.1) is 23.5 Å². The van der Waals surface area contributed by atoms with E-state index in [0.717, 1.165) is 0 Å². The molecule has 3 rings (SSSR count). The Morgan fingerprint density at radius 2 is 2.39 bits per heavy atom. The number of hydrogen-bond donors (Lipinski definition) is 1. The SMILES string of the molecule is N#Cc1cnn2cc(OCC3(F)CNC3)ccc12. The second-order valence-electron chi connectivity index (χ2n) is 4.41. The summed E-state index contributed by atoms with van der Waals surface area (Å²) >= 11 is 0. The number of ether oxygens (including phenoxy) is 1. The molecule has 92 valence electrons. The molecule has 2 aromatic rings. The largest absolute Gasteiger partial charge is 0.489 e. The number of nitrogens with zero attached hydrogens (tertiary/aromatic N) is 3. The fourth-order valence-electron chi connectivity index (χ4n) is 1.85. The average molecular weight is 246 g/mol. The van der Waals surface area contributed by atoms with Gasteiger partial charge in [0.25, 0.3) is 0 Å². The van der Waals surface area contributed by atoms with Gasteiger partial charge in [0.2, 0.25) is 0 Å². The molecule has 0 saturated carbocycles. The molecule has 0 unspecified atom stereocenters. The number of pyridine rings is 1. The van der Waals surface area contributed by atoms with E-state index in [4.69, 9.17) is 10.00 Å². The first kappa shape index (κ1) is 11.0. The van der Waals surface area contributed by atoms with Gasteiger partial charge in [-0.05, 0) is 12.1 Å². The van der Waals surface area contributed by atoms with Gasteiger partial charge in [-0.25, -0.2) is 8.91 Å². The Morgan fingerprint density at radius 1 is 1.56 bits per heavy atom. The first-order valence-corrected chi connectivity index (χ1v) is 5.60. The number of halogens is 1. The Hall–Kier alpha value is -2.13. The van der Waals surface area contributed by atoms with Crippen molar-refractivity contribution in [3.8, 4) is 11.8 Å². The van der Waals surface area contributed by atoms with Gasteiger partial charge in [-0.2, -0.15) is 10.4 Å². The summed E-state index contributed by atoms with van der Waals surface area (Å²) < 4.78 is 20.7. The van der Waals surface area contributed by atoms with Gasteiger partial charge >= 0.3 is 0 Å². The molecule has 0 atom stereocenters. The molecule has 3 heterocycles. The van der Waals surface area contributed by atoms with Gasteiger partial charge in [-0.1, -0.05) is 0 Å². The standard InChI is InChI=1S/C12H11FN4O/c13-12(6-15-7-12)8-18-10-1-2-11-9(3-14)4-16-17(11)5-10/h1-2,4-5,15H,6-8H2. The number of rotatable bonds is 3. The van der Waals surface area contributed by atoms with Crippen molar-refractivity contribution in [2.24, 2.45) is 0 Å². The average Bonchev–Trinajstić information content (AvgIpc) is 2.76. The van der Waals surface area contributed by atoms with Crippen LogP contribution in [0.5, 0.6) is 5.75 Å². The van der Waals surface area contributed by atoms with Crippen LogP contribution in [0.25, 0.3) is 5.52 Å². The zero-order chi connectivity index (χ0) is 12.6. The van der Waals surface area contributed by atoms with E-state index in [-0.39, 0.29) is 6.61 Å². The molecule has 1 saturated heterocycles. The second kappa shape index (κ2) is 3.96. The van der Waals surface area contributed by atoms with Gasteiger partial charge in [-0.3, -0.25) is 0 Å². The van der Waals surface area contributed by atoms with Crippen LogP contribution in [0, 0.1) is 11.3 Å². The summed E-state index contributed by atoms with van der Waals surface area (Å²) in [4.78, 5) is 0. The van der Waals surface area contributed by atoms with E-state index >= 15 is 0 Å². The molecule has 1 N–H and O–H groups in total. The zero-order valence-electron chi connectivity index (χ0n) is 9.56. The van der Waals surface area contributed by atoms with Crippen molar-refractivity contribution in [3.63, 3.8) is 0 Å². The topological polar surface area (TPSA) is 62.4 Å². The second-order valence-corrected chi connectivity index (χ2v) is 4.41. The molecule has 0 spiro atoms. The lowest BCUT2D eigenvalue weighted by Gasteiger charge is -2.34. The molecular formula is C12H11FN4O. The highest BCUT2D eigenvalue weighted by Crippen LogP contribution is 2.20. The molecule has 5 nitrogen and oxygen atoms in total. The normalized spacial score (nSPS) is 17.1. The van der Waals surface area contributed by atoms with Crippen LogP contribution in [0.2, 0.25) is 0 Å². The maximum Gasteiger partial charge on any atom is 0.169 e. The number of fused-ring (bicyclic) bond motifs is 1. The summed E-state index contributed by atoms with van der Waals surface area (Å²) in [5.41, 5.74) is -0.0477. The molecule has 1 aliphatic rings. The highest BCUT2D eigenvalue weighted by molar-refractivity contribution is 5.60. The number of aromatic nitrogens is 2. The van der Waals surface area contributed by atoms with Crippen LogP contribution in [-0.4, -0.2) is 35.0 Å². The molecule has 2 aromatic heterocycles. The van der Waals surface area contributed by atoms with E-state index in [9.17, 15) is 4.39 Å². The molecule has 0 radical (unpaired) electrons. The third kappa shape index (κ3) is 1.79. The third-order valence-corrected chi connectivity index (χ3v) is 2.99. The summed E-state index contributed by atoms with van der Waals surface area (Å²) in [6, 6.07) is 5.51. The van der Waals surface area contributed by atoms with Crippen LogP contribution in [-0.2, 0) is 0 Å². The van der Waals surface area contributed by atoms with Gasteiger partial charge < -0.3 is 10.1 Å². The molecule has 1 fully saturated rings. The molecular weight excluding hydrogens is 235 g/mol. The Kier molecular flexibility index (Phi) is 2.42. The smallest absolute Gasteiger partial charge is 0.169 e. The van der Waals surface area contributed by atoms with Crippen LogP contribution in [0.3, 0.4) is 0 Å². The Balaban J connectivity index is 1.79. The Labute approximate surface area is 103 Å². The minimum absolute atomic E-state index is 0.0257. The van der Waals surface area contributed by atoms with E-state index in [1.54, 1.807) is 22.8 Å². The van der Waals surface area contributed by atoms with Crippen molar-refractivity contribution < 1.29 is 9.13 Å². The number of hydrogen-bond acceptors (Lipinski definition) is 4. The van der Waals surface area contributed by atoms with E-state index in [0.29, 0.717) is 29.9 Å². The zero-order valence-corrected chi connectivity index (χ0v) is 9.56. The van der Waals surface area contributed by atoms with Crippen molar-refractivity contribution in [2.75, 3.05) is 19.7 Å². The first-order chi connectivity index (χ1) is 8.70. The van der Waals surface area contributed by atoms with Gasteiger partial charge in [0.15, 0.2) is 5.67 Å². The third-order valence-electron chi connectivity index (χ3n) is 2.99. The predicted octanol–water partition coefficient (Wildman–Crippen LogP) is 0.896. The van der Waals surface area contributed by atoms with E-state index in [2.05, 4.69) is 16.5 Å². The summed E-state index contributed by atoms with van der Waals surface area (Å²) in [7, 11) is 0. The van der Waals surface area contributed by atoms with E-state index in [1.807, 2.05) is 0 Å². The molecule has 18 heavy (non-hydrogen) atoms. The van der Waals surface area contributed by atoms with Crippen molar-refractivity contribution in [2.45, 2.75) is 5.67 Å². The van der Waals surface area contributed by atoms with Crippen molar-refractivity contribution in [1.82, 2.24) is 14.9 Å². The summed E-state index contributed by atoms with van der Waals surface area (Å²) in [6.45, 7) is 0.684. The predicted molar refractivity (Wildman–Crippen MR) is 62.1 cm³/mol. The summed E-state index contributed by atoms with van der Waals surface area (Å²) in [6.07, 6.45) is 3.14. The molecule has 0 aliphatic carbocycles. The summed E-state index contributed by atoms with van der Waals surface area (Å²) in [5.74, 6) is 0.541. The summed E-state index contributed by atoms with van der Waals surface area (Å²) in [5, 5.41) is 15.8. The molecule has 0 aromatic carbocycles. The monoisotopic (exact) mass is 246 g/mol. The van der Waals surface area contributed by atoms with Crippen molar-refractivity contribution in [3.05, 3.63) is 30.1 Å². The minimum Gasteiger partial charge on any atom is -0.489 e.